The first-order chi connectivity index (χ1) is 7.84. The summed E-state index contributed by atoms with van der Waals surface area (Å²) >= 11 is 9.07. The highest BCUT2D eigenvalue weighted by Crippen LogP contribution is 2.43. The monoisotopic (exact) mass is 326 g/mol. The molecule has 0 N–H and O–H groups in total. The Morgan fingerprint density at radius 1 is 0.875 bits per heavy atom. The summed E-state index contributed by atoms with van der Waals surface area (Å²) in [5, 5.41) is 4.24. The average molecular weight is 327 g/mol. The molecule has 0 aliphatic carbocycles. The highest BCUT2D eigenvalue weighted by Gasteiger charge is 2.11. The van der Waals surface area contributed by atoms with Crippen LogP contribution in [0.15, 0.2) is 45.6 Å². The zero-order chi connectivity index (χ0) is 11.0. The van der Waals surface area contributed by atoms with Gasteiger partial charge in [0.25, 0.3) is 0 Å². The lowest BCUT2D eigenvalue weighted by Crippen LogP contribution is -1.60. The maximum Gasteiger partial charge on any atom is 0.0591 e. The molecular formula is C12H7BrS3. The number of hydrogen-bond donors (Lipinski definition) is 0. The van der Waals surface area contributed by atoms with Gasteiger partial charge in [-0.2, -0.15) is 0 Å². The molecule has 0 aliphatic heterocycles. The second-order valence-corrected chi connectivity index (χ2v) is 7.04. The molecule has 16 heavy (non-hydrogen) atoms. The van der Waals surface area contributed by atoms with Crippen molar-refractivity contribution in [2.24, 2.45) is 0 Å². The van der Waals surface area contributed by atoms with E-state index in [-0.39, 0.29) is 0 Å². The van der Waals surface area contributed by atoms with Crippen LogP contribution in [0.1, 0.15) is 0 Å². The van der Waals surface area contributed by atoms with Crippen LogP contribution in [-0.4, -0.2) is 0 Å². The Kier molecular flexibility index (Phi) is 2.98. The van der Waals surface area contributed by atoms with E-state index in [1.807, 2.05) is 11.3 Å². The molecule has 80 valence electrons. The van der Waals surface area contributed by atoms with Crippen LogP contribution in [0.2, 0.25) is 0 Å². The molecular weight excluding hydrogens is 320 g/mol. The van der Waals surface area contributed by atoms with Crippen LogP contribution in [-0.2, 0) is 0 Å². The van der Waals surface area contributed by atoms with Gasteiger partial charge in [-0.3, -0.25) is 0 Å². The van der Waals surface area contributed by atoms with Gasteiger partial charge in [-0.15, -0.1) is 34.0 Å². The Labute approximate surface area is 114 Å². The van der Waals surface area contributed by atoms with Gasteiger partial charge in [0.15, 0.2) is 0 Å². The lowest BCUT2D eigenvalue weighted by Gasteiger charge is -1.91. The molecule has 0 spiro atoms. The topological polar surface area (TPSA) is 0 Å². The molecule has 3 heterocycles. The standard InChI is InChI=1S/C12H7BrS3/c13-8-7-11(9-3-1-5-14-9)16-12(8)10-4-2-6-15-10/h1-7H. The van der Waals surface area contributed by atoms with Crippen molar-refractivity contribution in [2.75, 3.05) is 0 Å². The molecule has 3 aromatic rings. The summed E-state index contributed by atoms with van der Waals surface area (Å²) in [5.74, 6) is 0. The van der Waals surface area contributed by atoms with Crippen molar-refractivity contribution in [3.63, 3.8) is 0 Å². The van der Waals surface area contributed by atoms with Crippen molar-refractivity contribution < 1.29 is 0 Å². The predicted octanol–water partition coefficient (Wildman–Crippen LogP) is 5.97. The minimum Gasteiger partial charge on any atom is -0.143 e. The van der Waals surface area contributed by atoms with Crippen molar-refractivity contribution in [3.05, 3.63) is 45.6 Å². The van der Waals surface area contributed by atoms with E-state index < -0.39 is 0 Å². The zero-order valence-electron chi connectivity index (χ0n) is 8.14. The van der Waals surface area contributed by atoms with Gasteiger partial charge in [0, 0.05) is 19.1 Å². The van der Waals surface area contributed by atoms with Gasteiger partial charge in [0.1, 0.15) is 0 Å². The molecule has 4 heteroatoms. The minimum atomic E-state index is 1.20. The molecule has 0 atom stereocenters. The summed E-state index contributed by atoms with van der Waals surface area (Å²) in [6, 6.07) is 10.7. The second kappa shape index (κ2) is 4.45. The van der Waals surface area contributed by atoms with Gasteiger partial charge < -0.3 is 0 Å². The van der Waals surface area contributed by atoms with Gasteiger partial charge in [0.05, 0.1) is 4.88 Å². The van der Waals surface area contributed by atoms with Crippen molar-refractivity contribution >= 4 is 49.9 Å². The minimum absolute atomic E-state index is 1.20. The molecule has 0 radical (unpaired) electrons. The van der Waals surface area contributed by atoms with Crippen molar-refractivity contribution in [2.45, 2.75) is 0 Å². The van der Waals surface area contributed by atoms with E-state index in [1.165, 1.54) is 24.0 Å². The largest absolute Gasteiger partial charge is 0.143 e. The molecule has 0 nitrogen and oxygen atoms in total. The Balaban J connectivity index is 2.09. The van der Waals surface area contributed by atoms with Crippen LogP contribution in [0.5, 0.6) is 0 Å². The lowest BCUT2D eigenvalue weighted by molar-refractivity contribution is 1.84. The summed E-state index contributed by atoms with van der Waals surface area (Å²) in [6.45, 7) is 0. The third-order valence-corrected chi connectivity index (χ3v) is 6.33. The zero-order valence-corrected chi connectivity index (χ0v) is 12.2. The number of halogens is 1. The van der Waals surface area contributed by atoms with Crippen LogP contribution >= 0.6 is 49.9 Å². The summed E-state index contributed by atoms with van der Waals surface area (Å²) in [5.41, 5.74) is 0. The maximum atomic E-state index is 3.65. The molecule has 0 bridgehead atoms. The van der Waals surface area contributed by atoms with Crippen LogP contribution in [0.4, 0.5) is 0 Å². The molecule has 0 aliphatic rings. The number of thiophene rings is 3. The Hall–Kier alpha value is -0.420. The van der Waals surface area contributed by atoms with E-state index in [0.717, 1.165) is 0 Å². The van der Waals surface area contributed by atoms with Crippen LogP contribution in [0, 0.1) is 0 Å². The third kappa shape index (κ3) is 1.91. The molecule has 0 saturated carbocycles. The summed E-state index contributed by atoms with van der Waals surface area (Å²) in [6.07, 6.45) is 0. The fourth-order valence-electron chi connectivity index (χ4n) is 1.48. The summed E-state index contributed by atoms with van der Waals surface area (Å²) in [7, 11) is 0. The van der Waals surface area contributed by atoms with Gasteiger partial charge in [-0.25, -0.2) is 0 Å². The van der Waals surface area contributed by atoms with Gasteiger partial charge >= 0.3 is 0 Å². The van der Waals surface area contributed by atoms with Crippen molar-refractivity contribution in [1.82, 2.24) is 0 Å². The fraction of sp³-hybridized carbons (Fsp3) is 0. The lowest BCUT2D eigenvalue weighted by atomic mass is 10.3. The first kappa shape index (κ1) is 10.7. The van der Waals surface area contributed by atoms with Crippen molar-refractivity contribution in [3.8, 4) is 19.5 Å². The molecule has 3 aromatic heterocycles. The molecule has 0 saturated heterocycles. The highest BCUT2D eigenvalue weighted by molar-refractivity contribution is 9.10. The molecule has 0 amide bonds. The van der Waals surface area contributed by atoms with E-state index >= 15 is 0 Å². The van der Waals surface area contributed by atoms with Crippen LogP contribution < -0.4 is 0 Å². The number of hydrogen-bond acceptors (Lipinski definition) is 3. The Bertz CT molecular complexity index is 576. The SMILES string of the molecule is Brc1cc(-c2cccs2)sc1-c1cccs1. The van der Waals surface area contributed by atoms with E-state index in [9.17, 15) is 0 Å². The van der Waals surface area contributed by atoms with Gasteiger partial charge in [-0.05, 0) is 44.9 Å². The quantitative estimate of drug-likeness (QED) is 0.544. The van der Waals surface area contributed by atoms with E-state index in [1.54, 1.807) is 22.7 Å². The third-order valence-electron chi connectivity index (χ3n) is 2.20. The summed E-state index contributed by atoms with van der Waals surface area (Å²) in [4.78, 5) is 5.34. The molecule has 0 aromatic carbocycles. The smallest absolute Gasteiger partial charge is 0.0591 e. The van der Waals surface area contributed by atoms with Gasteiger partial charge in [0.2, 0.25) is 0 Å². The molecule has 0 fully saturated rings. The average Bonchev–Trinajstić information content (AvgIpc) is 2.97. The Morgan fingerprint density at radius 3 is 2.19 bits per heavy atom. The first-order valence-electron chi connectivity index (χ1n) is 4.71. The number of rotatable bonds is 2. The fourth-order valence-corrected chi connectivity index (χ4v) is 5.20. The summed E-state index contributed by atoms with van der Waals surface area (Å²) < 4.78 is 1.20. The van der Waals surface area contributed by atoms with Crippen LogP contribution in [0.25, 0.3) is 19.5 Å². The normalized spacial score (nSPS) is 10.8. The molecule has 3 rings (SSSR count). The van der Waals surface area contributed by atoms with E-state index in [2.05, 4.69) is 57.0 Å². The second-order valence-electron chi connectivity index (χ2n) is 3.24. The molecule has 0 unspecified atom stereocenters. The maximum absolute atomic E-state index is 3.65. The van der Waals surface area contributed by atoms with Crippen LogP contribution in [0.3, 0.4) is 0 Å². The predicted molar refractivity (Wildman–Crippen MR) is 78.6 cm³/mol. The van der Waals surface area contributed by atoms with E-state index in [0.29, 0.717) is 0 Å². The first-order valence-corrected chi connectivity index (χ1v) is 8.08. The van der Waals surface area contributed by atoms with Crippen molar-refractivity contribution in [1.29, 1.82) is 0 Å². The van der Waals surface area contributed by atoms with Gasteiger partial charge in [-0.1, -0.05) is 12.1 Å². The highest BCUT2D eigenvalue weighted by atomic mass is 79.9. The van der Waals surface area contributed by atoms with E-state index in [4.69, 9.17) is 0 Å². The Morgan fingerprint density at radius 2 is 1.56 bits per heavy atom.